The van der Waals surface area contributed by atoms with Crippen molar-refractivity contribution in [1.82, 2.24) is 4.98 Å². The number of rotatable bonds is 4. The van der Waals surface area contributed by atoms with Gasteiger partial charge in [0, 0.05) is 0 Å². The fourth-order valence-electron chi connectivity index (χ4n) is 1.76. The molecule has 1 N–H and O–H groups in total. The van der Waals surface area contributed by atoms with Crippen molar-refractivity contribution in [2.45, 2.75) is 19.8 Å². The summed E-state index contributed by atoms with van der Waals surface area (Å²) in [6.07, 6.45) is 1.51. The molecule has 0 aliphatic rings. The summed E-state index contributed by atoms with van der Waals surface area (Å²) in [5, 5.41) is 8.98. The van der Waals surface area contributed by atoms with Crippen LogP contribution < -0.4 is 0 Å². The molecule has 2 aromatic rings. The number of carboxylic acid groups (broad SMARTS) is 1. The van der Waals surface area contributed by atoms with E-state index in [0.717, 1.165) is 6.42 Å². The summed E-state index contributed by atoms with van der Waals surface area (Å²) < 4.78 is 0. The molecule has 0 saturated heterocycles. The lowest BCUT2D eigenvalue weighted by atomic mass is 10.0. The summed E-state index contributed by atoms with van der Waals surface area (Å²) in [5.41, 5.74) is 4.76. The molecule has 0 saturated carbocycles. The van der Waals surface area contributed by atoms with Gasteiger partial charge in [-0.05, 0) is 30.9 Å². The largest absolute Gasteiger partial charge is 0.477 e. The summed E-state index contributed by atoms with van der Waals surface area (Å²) in [4.78, 5) is 15.4. The lowest BCUT2D eigenvalue weighted by Gasteiger charge is -2.04. The van der Waals surface area contributed by atoms with E-state index < -0.39 is 5.97 Å². The second-order valence-corrected chi connectivity index (χ2v) is 4.71. The van der Waals surface area contributed by atoms with Crippen molar-refractivity contribution in [1.29, 1.82) is 0 Å². The molecular formula is C13H13NO2S. The molecule has 0 aliphatic carbocycles. The minimum atomic E-state index is -0.882. The van der Waals surface area contributed by atoms with Crippen molar-refractivity contribution in [2.24, 2.45) is 0 Å². The summed E-state index contributed by atoms with van der Waals surface area (Å²) in [6, 6.07) is 8.14. The molecule has 0 spiro atoms. The van der Waals surface area contributed by atoms with Gasteiger partial charge in [-0.15, -0.1) is 11.3 Å². The van der Waals surface area contributed by atoms with E-state index in [0.29, 0.717) is 17.0 Å². The SMILES string of the molecule is Cc1ccccc1CCc1ncsc1C(=O)O. The number of aromatic carboxylic acids is 1. The summed E-state index contributed by atoms with van der Waals surface area (Å²) in [6.45, 7) is 2.06. The van der Waals surface area contributed by atoms with Crippen molar-refractivity contribution in [3.8, 4) is 0 Å². The van der Waals surface area contributed by atoms with Crippen molar-refractivity contribution < 1.29 is 9.90 Å². The van der Waals surface area contributed by atoms with Crippen LogP contribution in [-0.4, -0.2) is 16.1 Å². The van der Waals surface area contributed by atoms with E-state index in [9.17, 15) is 4.79 Å². The van der Waals surface area contributed by atoms with Crippen molar-refractivity contribution >= 4 is 17.3 Å². The minimum absolute atomic E-state index is 0.360. The first-order valence-electron chi connectivity index (χ1n) is 5.38. The third-order valence-corrected chi connectivity index (χ3v) is 3.58. The van der Waals surface area contributed by atoms with Gasteiger partial charge in [-0.25, -0.2) is 9.78 Å². The predicted molar refractivity (Wildman–Crippen MR) is 67.7 cm³/mol. The van der Waals surface area contributed by atoms with E-state index in [-0.39, 0.29) is 0 Å². The van der Waals surface area contributed by atoms with Gasteiger partial charge in [0.1, 0.15) is 4.88 Å². The van der Waals surface area contributed by atoms with Gasteiger partial charge in [-0.3, -0.25) is 0 Å². The van der Waals surface area contributed by atoms with E-state index in [2.05, 4.69) is 24.0 Å². The number of hydrogen-bond donors (Lipinski definition) is 1. The van der Waals surface area contributed by atoms with Gasteiger partial charge in [0.15, 0.2) is 0 Å². The Labute approximate surface area is 104 Å². The van der Waals surface area contributed by atoms with E-state index in [1.807, 2.05) is 12.1 Å². The van der Waals surface area contributed by atoms with Crippen LogP contribution in [0.25, 0.3) is 0 Å². The average Bonchev–Trinajstić information content (AvgIpc) is 2.76. The van der Waals surface area contributed by atoms with Crippen LogP contribution >= 0.6 is 11.3 Å². The molecule has 0 bridgehead atoms. The molecule has 0 unspecified atom stereocenters. The Morgan fingerprint density at radius 1 is 1.35 bits per heavy atom. The van der Waals surface area contributed by atoms with E-state index >= 15 is 0 Å². The monoisotopic (exact) mass is 247 g/mol. The lowest BCUT2D eigenvalue weighted by Crippen LogP contribution is -2.01. The first-order valence-corrected chi connectivity index (χ1v) is 6.26. The first-order chi connectivity index (χ1) is 8.18. The molecule has 1 aromatic carbocycles. The number of carboxylic acids is 1. The number of carbonyl (C=O) groups is 1. The lowest BCUT2D eigenvalue weighted by molar-refractivity contribution is 0.0700. The number of aromatic nitrogens is 1. The van der Waals surface area contributed by atoms with Crippen LogP contribution in [0, 0.1) is 6.92 Å². The molecule has 4 heteroatoms. The summed E-state index contributed by atoms with van der Waals surface area (Å²) in [7, 11) is 0. The highest BCUT2D eigenvalue weighted by Crippen LogP contribution is 2.17. The Bertz CT molecular complexity index is 534. The molecular weight excluding hydrogens is 234 g/mol. The quantitative estimate of drug-likeness (QED) is 0.903. The van der Waals surface area contributed by atoms with Crippen LogP contribution in [0.5, 0.6) is 0 Å². The third-order valence-electron chi connectivity index (χ3n) is 2.73. The van der Waals surface area contributed by atoms with Crippen LogP contribution in [0.15, 0.2) is 29.8 Å². The van der Waals surface area contributed by atoms with Gasteiger partial charge in [0.2, 0.25) is 0 Å². The zero-order valence-electron chi connectivity index (χ0n) is 9.51. The van der Waals surface area contributed by atoms with E-state index in [1.54, 1.807) is 5.51 Å². The normalized spacial score (nSPS) is 10.4. The van der Waals surface area contributed by atoms with Gasteiger partial charge in [-0.1, -0.05) is 24.3 Å². The van der Waals surface area contributed by atoms with Gasteiger partial charge >= 0.3 is 5.97 Å². The first kappa shape index (κ1) is 11.8. The number of hydrogen-bond acceptors (Lipinski definition) is 3. The maximum absolute atomic E-state index is 10.9. The smallest absolute Gasteiger partial charge is 0.347 e. The topological polar surface area (TPSA) is 50.2 Å². The van der Waals surface area contributed by atoms with Crippen molar-refractivity contribution in [3.05, 3.63) is 51.5 Å². The van der Waals surface area contributed by atoms with Crippen LogP contribution in [0.3, 0.4) is 0 Å². The Morgan fingerprint density at radius 2 is 2.12 bits per heavy atom. The van der Waals surface area contributed by atoms with Crippen LogP contribution in [0.4, 0.5) is 0 Å². The van der Waals surface area contributed by atoms with Gasteiger partial charge in [0.05, 0.1) is 11.2 Å². The summed E-state index contributed by atoms with van der Waals surface area (Å²) in [5.74, 6) is -0.882. The number of benzene rings is 1. The van der Waals surface area contributed by atoms with Crippen LogP contribution in [0.1, 0.15) is 26.5 Å². The standard InChI is InChI=1S/C13H13NO2S/c1-9-4-2-3-5-10(9)6-7-11-12(13(15)16)17-8-14-11/h2-5,8H,6-7H2,1H3,(H,15,16). The molecule has 0 atom stereocenters. The van der Waals surface area contributed by atoms with Gasteiger partial charge in [-0.2, -0.15) is 0 Å². The predicted octanol–water partition coefficient (Wildman–Crippen LogP) is 2.93. The Balaban J connectivity index is 2.10. The minimum Gasteiger partial charge on any atom is -0.477 e. The highest BCUT2D eigenvalue weighted by atomic mass is 32.1. The number of thiazole rings is 1. The van der Waals surface area contributed by atoms with Crippen molar-refractivity contribution in [3.63, 3.8) is 0 Å². The molecule has 1 aromatic heterocycles. The van der Waals surface area contributed by atoms with Gasteiger partial charge in [0.25, 0.3) is 0 Å². The molecule has 3 nitrogen and oxygen atoms in total. The molecule has 0 fully saturated rings. The second kappa shape index (κ2) is 5.10. The van der Waals surface area contributed by atoms with Crippen LogP contribution in [-0.2, 0) is 12.8 Å². The highest BCUT2D eigenvalue weighted by Gasteiger charge is 2.13. The molecule has 1 heterocycles. The second-order valence-electron chi connectivity index (χ2n) is 3.86. The molecule has 0 radical (unpaired) electrons. The summed E-state index contributed by atoms with van der Waals surface area (Å²) >= 11 is 1.19. The molecule has 0 amide bonds. The zero-order chi connectivity index (χ0) is 12.3. The van der Waals surface area contributed by atoms with Crippen LogP contribution in [0.2, 0.25) is 0 Å². The van der Waals surface area contributed by atoms with E-state index in [4.69, 9.17) is 5.11 Å². The fraction of sp³-hybridized carbons (Fsp3) is 0.231. The molecule has 17 heavy (non-hydrogen) atoms. The maximum atomic E-state index is 10.9. The Morgan fingerprint density at radius 3 is 2.82 bits per heavy atom. The third kappa shape index (κ3) is 2.71. The number of aryl methyl sites for hydroxylation is 3. The fourth-order valence-corrected chi connectivity index (χ4v) is 2.44. The van der Waals surface area contributed by atoms with Crippen molar-refractivity contribution in [2.75, 3.05) is 0 Å². The number of nitrogens with zero attached hydrogens (tertiary/aromatic N) is 1. The average molecular weight is 247 g/mol. The van der Waals surface area contributed by atoms with E-state index in [1.165, 1.54) is 22.5 Å². The highest BCUT2D eigenvalue weighted by molar-refractivity contribution is 7.11. The maximum Gasteiger partial charge on any atom is 0.347 e. The van der Waals surface area contributed by atoms with Gasteiger partial charge < -0.3 is 5.11 Å². The molecule has 0 aliphatic heterocycles. The Kier molecular flexibility index (Phi) is 3.54. The Hall–Kier alpha value is -1.68. The molecule has 2 rings (SSSR count). The molecule has 88 valence electrons. The zero-order valence-corrected chi connectivity index (χ0v) is 10.3.